The molecule has 0 saturated carbocycles. The number of fused-ring (bicyclic) bond motifs is 1. The van der Waals surface area contributed by atoms with Gasteiger partial charge in [0.1, 0.15) is 30.4 Å². The first kappa shape index (κ1) is 21.5. The number of likely N-dealkylation sites (tertiary alicyclic amines) is 1. The normalized spacial score (nSPS) is 20.3. The quantitative estimate of drug-likeness (QED) is 0.496. The summed E-state index contributed by atoms with van der Waals surface area (Å²) in [5, 5.41) is 10.8. The third kappa shape index (κ3) is 5.12. The van der Waals surface area contributed by atoms with E-state index < -0.39 is 23.5 Å². The van der Waals surface area contributed by atoms with Crippen molar-refractivity contribution in [3.63, 3.8) is 0 Å². The molecule has 0 bridgehead atoms. The maximum absolute atomic E-state index is 12.5. The lowest BCUT2D eigenvalue weighted by Gasteiger charge is -2.25. The lowest BCUT2D eigenvalue weighted by molar-refractivity contribution is -0.389. The number of nitrogens with zero attached hydrogens (tertiary/aromatic N) is 4. The minimum atomic E-state index is -4.77. The van der Waals surface area contributed by atoms with Crippen molar-refractivity contribution in [3.05, 3.63) is 40.6 Å². The number of nitro groups is 1. The largest absolute Gasteiger partial charge is 0.573 e. The van der Waals surface area contributed by atoms with Gasteiger partial charge in [-0.15, -0.1) is 13.2 Å². The van der Waals surface area contributed by atoms with Gasteiger partial charge in [0.25, 0.3) is 0 Å². The third-order valence-corrected chi connectivity index (χ3v) is 4.74. The summed E-state index contributed by atoms with van der Waals surface area (Å²) in [5.41, 5.74) is 0. The fourth-order valence-corrected chi connectivity index (χ4v) is 3.35. The number of carbonyl (C=O) groups excluding carboxylic acids is 1. The Balaban J connectivity index is 1.26. The summed E-state index contributed by atoms with van der Waals surface area (Å²) in [6.07, 6.45) is -4.65. The van der Waals surface area contributed by atoms with Crippen molar-refractivity contribution >= 4 is 11.9 Å². The highest BCUT2D eigenvalue weighted by atomic mass is 19.4. The number of imidazole rings is 1. The molecule has 1 saturated heterocycles. The Morgan fingerprint density at radius 1 is 1.19 bits per heavy atom. The number of aromatic nitrogens is 2. The van der Waals surface area contributed by atoms with Crippen LogP contribution in [0.1, 0.15) is 6.42 Å². The topological polar surface area (TPSA) is 118 Å². The molecule has 2 aliphatic heterocycles. The van der Waals surface area contributed by atoms with Gasteiger partial charge in [0, 0.05) is 17.9 Å². The van der Waals surface area contributed by atoms with Gasteiger partial charge in [0.15, 0.2) is 6.10 Å². The molecule has 2 aromatic rings. The minimum absolute atomic E-state index is 0.0139. The van der Waals surface area contributed by atoms with Crippen molar-refractivity contribution < 1.29 is 41.8 Å². The van der Waals surface area contributed by atoms with Gasteiger partial charge in [-0.25, -0.2) is 4.79 Å². The van der Waals surface area contributed by atoms with Crippen LogP contribution >= 0.6 is 0 Å². The van der Waals surface area contributed by atoms with E-state index in [9.17, 15) is 28.1 Å². The first-order chi connectivity index (χ1) is 15.2. The van der Waals surface area contributed by atoms with E-state index in [1.54, 1.807) is 0 Å². The smallest absolute Gasteiger partial charge is 0.489 e. The number of hydrogen-bond donors (Lipinski definition) is 0. The summed E-state index contributed by atoms with van der Waals surface area (Å²) in [6.45, 7) is 0.783. The average molecular weight is 458 g/mol. The highest BCUT2D eigenvalue weighted by Crippen LogP contribution is 2.27. The molecule has 2 atom stereocenters. The van der Waals surface area contributed by atoms with E-state index in [2.05, 4.69) is 9.72 Å². The second-order valence-electron chi connectivity index (χ2n) is 7.10. The molecule has 2 aliphatic rings. The average Bonchev–Trinajstić information content (AvgIpc) is 3.35. The van der Waals surface area contributed by atoms with E-state index in [4.69, 9.17) is 14.2 Å². The van der Waals surface area contributed by atoms with Gasteiger partial charge in [-0.3, -0.25) is 4.57 Å². The summed E-state index contributed by atoms with van der Waals surface area (Å²) < 4.78 is 58.3. The highest BCUT2D eigenvalue weighted by molar-refractivity contribution is 5.68. The van der Waals surface area contributed by atoms with Crippen molar-refractivity contribution in [3.8, 4) is 17.5 Å². The van der Waals surface area contributed by atoms with Gasteiger partial charge in [0.05, 0.1) is 13.1 Å². The molecular weight excluding hydrogens is 441 g/mol. The van der Waals surface area contributed by atoms with Crippen LogP contribution in [0.5, 0.6) is 17.5 Å². The van der Waals surface area contributed by atoms with Gasteiger partial charge < -0.3 is 34.0 Å². The molecule has 4 rings (SSSR count). The van der Waals surface area contributed by atoms with Crippen LogP contribution in [-0.4, -0.2) is 63.7 Å². The van der Waals surface area contributed by atoms with Crippen LogP contribution in [0.2, 0.25) is 0 Å². The number of halogens is 3. The predicted octanol–water partition coefficient (Wildman–Crippen LogP) is 2.74. The SMILES string of the molecule is O=C(O[C@@H]1COc2nc([N+](=O)[O-])cn2C1)N1CC[C@H](Oc2ccc(OC(F)(F)F)cc2)C1. The molecule has 1 aromatic carbocycles. The number of alkyl halides is 3. The fraction of sp³-hybridized carbons (Fsp3) is 0.444. The van der Waals surface area contributed by atoms with E-state index in [1.165, 1.54) is 27.8 Å². The number of carbonyl (C=O) groups is 1. The van der Waals surface area contributed by atoms with Crippen LogP contribution in [0.15, 0.2) is 30.5 Å². The molecule has 14 heteroatoms. The maximum Gasteiger partial charge on any atom is 0.573 e. The number of benzene rings is 1. The number of amides is 1. The molecule has 0 aliphatic carbocycles. The zero-order valence-corrected chi connectivity index (χ0v) is 16.4. The summed E-state index contributed by atoms with van der Waals surface area (Å²) in [5.74, 6) is -0.373. The monoisotopic (exact) mass is 458 g/mol. The molecular formula is C18H17F3N4O7. The van der Waals surface area contributed by atoms with Crippen molar-refractivity contribution in [1.82, 2.24) is 14.5 Å². The second-order valence-corrected chi connectivity index (χ2v) is 7.10. The Morgan fingerprint density at radius 2 is 1.91 bits per heavy atom. The summed E-state index contributed by atoms with van der Waals surface area (Å²) in [7, 11) is 0. The predicted molar refractivity (Wildman–Crippen MR) is 98.4 cm³/mol. The standard InChI is InChI=1S/C18H17F3N4O7/c19-18(20,21)32-12-3-1-11(2-4-12)30-13-5-6-23(7-13)17(26)31-14-8-24-9-15(25(27)28)22-16(24)29-10-14/h1-4,9,13-14H,5-8,10H2/t13-,14-/m0/s1. The van der Waals surface area contributed by atoms with Crippen LogP contribution in [0.3, 0.4) is 0 Å². The van der Waals surface area contributed by atoms with Gasteiger partial charge in [-0.1, -0.05) is 0 Å². The third-order valence-electron chi connectivity index (χ3n) is 4.74. The summed E-state index contributed by atoms with van der Waals surface area (Å²) in [6, 6.07) is 5.07. The van der Waals surface area contributed by atoms with Crippen LogP contribution < -0.4 is 14.2 Å². The van der Waals surface area contributed by atoms with Crippen molar-refractivity contribution in [1.29, 1.82) is 0 Å². The van der Waals surface area contributed by atoms with Gasteiger partial charge in [0.2, 0.25) is 0 Å². The molecule has 0 unspecified atom stereocenters. The zero-order valence-electron chi connectivity index (χ0n) is 16.4. The molecule has 172 valence electrons. The van der Waals surface area contributed by atoms with Crippen molar-refractivity contribution in [2.24, 2.45) is 0 Å². The Labute approximate surface area is 178 Å². The van der Waals surface area contributed by atoms with E-state index in [-0.39, 0.29) is 43.4 Å². The summed E-state index contributed by atoms with van der Waals surface area (Å²) >= 11 is 0. The first-order valence-corrected chi connectivity index (χ1v) is 9.48. The fourth-order valence-electron chi connectivity index (χ4n) is 3.35. The first-order valence-electron chi connectivity index (χ1n) is 9.48. The maximum atomic E-state index is 12.5. The zero-order chi connectivity index (χ0) is 22.9. The van der Waals surface area contributed by atoms with Crippen LogP contribution in [0.4, 0.5) is 23.8 Å². The highest BCUT2D eigenvalue weighted by Gasteiger charge is 2.34. The van der Waals surface area contributed by atoms with Gasteiger partial charge in [-0.2, -0.15) is 0 Å². The Hall–Kier alpha value is -3.71. The lowest BCUT2D eigenvalue weighted by atomic mass is 10.3. The molecule has 0 radical (unpaired) electrons. The van der Waals surface area contributed by atoms with E-state index >= 15 is 0 Å². The minimum Gasteiger partial charge on any atom is -0.489 e. The van der Waals surface area contributed by atoms with E-state index in [0.29, 0.717) is 18.7 Å². The molecule has 1 amide bonds. The van der Waals surface area contributed by atoms with Crippen LogP contribution in [-0.2, 0) is 11.3 Å². The van der Waals surface area contributed by atoms with Crippen LogP contribution in [0.25, 0.3) is 0 Å². The molecule has 32 heavy (non-hydrogen) atoms. The molecule has 0 N–H and O–H groups in total. The number of hydrogen-bond acceptors (Lipinski definition) is 8. The van der Waals surface area contributed by atoms with E-state index in [0.717, 1.165) is 12.1 Å². The van der Waals surface area contributed by atoms with Gasteiger partial charge >= 0.3 is 24.3 Å². The molecule has 11 nitrogen and oxygen atoms in total. The Kier molecular flexibility index (Phi) is 5.67. The second kappa shape index (κ2) is 8.43. The lowest BCUT2D eigenvalue weighted by Crippen LogP contribution is -2.39. The summed E-state index contributed by atoms with van der Waals surface area (Å²) in [4.78, 5) is 27.8. The van der Waals surface area contributed by atoms with E-state index in [1.807, 2.05) is 0 Å². The Bertz CT molecular complexity index is 995. The molecule has 1 fully saturated rings. The number of ether oxygens (including phenoxy) is 4. The number of rotatable bonds is 5. The molecule has 3 heterocycles. The Morgan fingerprint density at radius 3 is 2.59 bits per heavy atom. The van der Waals surface area contributed by atoms with Crippen molar-refractivity contribution in [2.75, 3.05) is 19.7 Å². The van der Waals surface area contributed by atoms with Gasteiger partial charge in [-0.05, 0) is 29.2 Å². The van der Waals surface area contributed by atoms with Crippen LogP contribution in [0, 0.1) is 10.1 Å². The van der Waals surface area contributed by atoms with Crippen molar-refractivity contribution in [2.45, 2.75) is 31.5 Å². The molecule has 1 aromatic heterocycles. The molecule has 0 spiro atoms.